The normalized spacial score (nSPS) is 26.7. The number of nitrogens with one attached hydrogen (secondary N) is 1. The van der Waals surface area contributed by atoms with Gasteiger partial charge in [0.25, 0.3) is 5.56 Å². The third kappa shape index (κ3) is 2.80. The van der Waals surface area contributed by atoms with E-state index in [0.29, 0.717) is 18.9 Å². The predicted octanol–water partition coefficient (Wildman–Crippen LogP) is 3.08. The third-order valence-corrected chi connectivity index (χ3v) is 4.38. The van der Waals surface area contributed by atoms with Crippen molar-refractivity contribution in [1.29, 1.82) is 0 Å². The van der Waals surface area contributed by atoms with Gasteiger partial charge < -0.3 is 9.72 Å². The maximum atomic E-state index is 12.2. The molecule has 1 heterocycles. The summed E-state index contributed by atoms with van der Waals surface area (Å²) in [5, 5.41) is 0. The van der Waals surface area contributed by atoms with Gasteiger partial charge in [0.1, 0.15) is 11.4 Å². The third-order valence-electron chi connectivity index (χ3n) is 4.38. The van der Waals surface area contributed by atoms with Crippen LogP contribution in [0.4, 0.5) is 0 Å². The summed E-state index contributed by atoms with van der Waals surface area (Å²) in [6.07, 6.45) is 4.95. The van der Waals surface area contributed by atoms with Crippen LogP contribution >= 0.6 is 0 Å². The zero-order chi connectivity index (χ0) is 14.8. The molecular weight excluding hydrogens is 252 g/mol. The molecule has 1 aliphatic rings. The highest BCUT2D eigenvalue weighted by atomic mass is 16.5. The second-order valence-corrected chi connectivity index (χ2v) is 5.96. The molecule has 2 rings (SSSR count). The predicted molar refractivity (Wildman–Crippen MR) is 79.9 cm³/mol. The van der Waals surface area contributed by atoms with E-state index in [-0.39, 0.29) is 5.56 Å². The van der Waals surface area contributed by atoms with Crippen LogP contribution in [0.3, 0.4) is 0 Å². The lowest BCUT2D eigenvalue weighted by molar-refractivity contribution is -0.0883. The summed E-state index contributed by atoms with van der Waals surface area (Å²) in [5.74, 6) is 1.33. The van der Waals surface area contributed by atoms with Crippen LogP contribution in [-0.2, 0) is 16.8 Å². The van der Waals surface area contributed by atoms with Crippen molar-refractivity contribution < 1.29 is 4.74 Å². The molecular formula is C16H26N2O2. The van der Waals surface area contributed by atoms with E-state index in [1.165, 1.54) is 6.42 Å². The van der Waals surface area contributed by atoms with Crippen LogP contribution in [0.15, 0.2) is 4.79 Å². The van der Waals surface area contributed by atoms with Crippen LogP contribution in [0.25, 0.3) is 0 Å². The van der Waals surface area contributed by atoms with Crippen LogP contribution in [0.2, 0.25) is 0 Å². The number of aromatic amines is 1. The SMILES string of the molecule is CCOC1(c2nc(C)c(CC)c(=O)[nH]2)CCCC(C)C1. The van der Waals surface area contributed by atoms with E-state index < -0.39 is 5.60 Å². The highest BCUT2D eigenvalue weighted by Crippen LogP contribution is 2.41. The Bertz CT molecular complexity index is 520. The fourth-order valence-corrected chi connectivity index (χ4v) is 3.44. The van der Waals surface area contributed by atoms with Crippen molar-refractivity contribution in [3.8, 4) is 0 Å². The molecule has 2 atom stereocenters. The van der Waals surface area contributed by atoms with Gasteiger partial charge in [0.15, 0.2) is 0 Å². The van der Waals surface area contributed by atoms with Gasteiger partial charge in [-0.1, -0.05) is 20.3 Å². The molecule has 2 unspecified atom stereocenters. The van der Waals surface area contributed by atoms with Gasteiger partial charge in [-0.2, -0.15) is 0 Å². The van der Waals surface area contributed by atoms with Gasteiger partial charge in [-0.15, -0.1) is 0 Å². The number of hydrogen-bond donors (Lipinski definition) is 1. The number of H-pyrrole nitrogens is 1. The summed E-state index contributed by atoms with van der Waals surface area (Å²) in [7, 11) is 0. The lowest BCUT2D eigenvalue weighted by atomic mass is 9.78. The Morgan fingerprint density at radius 1 is 1.45 bits per heavy atom. The van der Waals surface area contributed by atoms with Gasteiger partial charge in [-0.25, -0.2) is 4.98 Å². The number of hydrogen-bond acceptors (Lipinski definition) is 3. The lowest BCUT2D eigenvalue weighted by Crippen LogP contribution is -2.39. The number of nitrogens with zero attached hydrogens (tertiary/aromatic N) is 1. The van der Waals surface area contributed by atoms with Gasteiger partial charge in [0, 0.05) is 17.9 Å². The first-order valence-corrected chi connectivity index (χ1v) is 7.76. The summed E-state index contributed by atoms with van der Waals surface area (Å²) >= 11 is 0. The monoisotopic (exact) mass is 278 g/mol. The number of aryl methyl sites for hydroxylation is 1. The molecule has 1 N–H and O–H groups in total. The second-order valence-electron chi connectivity index (χ2n) is 5.96. The molecule has 0 spiro atoms. The molecule has 0 amide bonds. The van der Waals surface area contributed by atoms with Gasteiger partial charge in [-0.05, 0) is 45.4 Å². The Morgan fingerprint density at radius 3 is 2.75 bits per heavy atom. The molecule has 0 saturated heterocycles. The first kappa shape index (κ1) is 15.2. The molecule has 4 heteroatoms. The highest BCUT2D eigenvalue weighted by Gasteiger charge is 2.39. The number of ether oxygens (including phenoxy) is 1. The van der Waals surface area contributed by atoms with E-state index >= 15 is 0 Å². The molecule has 0 aromatic carbocycles. The van der Waals surface area contributed by atoms with Crippen LogP contribution in [0.1, 0.15) is 63.5 Å². The lowest BCUT2D eigenvalue weighted by Gasteiger charge is -2.39. The van der Waals surface area contributed by atoms with Crippen molar-refractivity contribution in [2.75, 3.05) is 6.61 Å². The average Bonchev–Trinajstić information content (AvgIpc) is 2.38. The van der Waals surface area contributed by atoms with Gasteiger partial charge in [-0.3, -0.25) is 4.79 Å². The van der Waals surface area contributed by atoms with Crippen molar-refractivity contribution >= 4 is 0 Å². The zero-order valence-electron chi connectivity index (χ0n) is 13.1. The summed E-state index contributed by atoms with van der Waals surface area (Å²) in [4.78, 5) is 19.9. The standard InChI is InChI=1S/C16H26N2O2/c1-5-13-12(4)17-15(18-14(13)19)16(20-6-2)9-7-8-11(3)10-16/h11H,5-10H2,1-4H3,(H,17,18,19). The smallest absolute Gasteiger partial charge is 0.254 e. The number of rotatable bonds is 4. The van der Waals surface area contributed by atoms with Crippen molar-refractivity contribution in [3.63, 3.8) is 0 Å². The fraction of sp³-hybridized carbons (Fsp3) is 0.750. The molecule has 1 saturated carbocycles. The molecule has 1 fully saturated rings. The van der Waals surface area contributed by atoms with E-state index in [0.717, 1.165) is 36.3 Å². The Balaban J connectivity index is 2.47. The minimum atomic E-state index is -0.400. The highest BCUT2D eigenvalue weighted by molar-refractivity contribution is 5.19. The largest absolute Gasteiger partial charge is 0.367 e. The molecule has 1 aliphatic carbocycles. The maximum absolute atomic E-state index is 12.2. The van der Waals surface area contributed by atoms with Crippen molar-refractivity contribution in [1.82, 2.24) is 9.97 Å². The molecule has 1 aromatic rings. The molecule has 0 bridgehead atoms. The molecule has 0 aliphatic heterocycles. The Kier molecular flexibility index (Phi) is 4.63. The first-order chi connectivity index (χ1) is 9.52. The van der Waals surface area contributed by atoms with Crippen molar-refractivity contribution in [2.45, 2.75) is 65.4 Å². The topological polar surface area (TPSA) is 55.0 Å². The molecule has 0 radical (unpaired) electrons. The zero-order valence-corrected chi connectivity index (χ0v) is 13.1. The van der Waals surface area contributed by atoms with Crippen LogP contribution in [-0.4, -0.2) is 16.6 Å². The van der Waals surface area contributed by atoms with E-state index in [2.05, 4.69) is 16.9 Å². The molecule has 112 valence electrons. The van der Waals surface area contributed by atoms with Gasteiger partial charge in [0.2, 0.25) is 0 Å². The second kappa shape index (κ2) is 6.08. The number of aromatic nitrogens is 2. The van der Waals surface area contributed by atoms with Crippen molar-refractivity contribution in [2.24, 2.45) is 5.92 Å². The van der Waals surface area contributed by atoms with Crippen LogP contribution < -0.4 is 5.56 Å². The fourth-order valence-electron chi connectivity index (χ4n) is 3.44. The summed E-state index contributed by atoms with van der Waals surface area (Å²) in [6.45, 7) is 8.80. The van der Waals surface area contributed by atoms with Crippen molar-refractivity contribution in [3.05, 3.63) is 27.4 Å². The summed E-state index contributed by atoms with van der Waals surface area (Å²) in [5.41, 5.74) is 1.21. The average molecular weight is 278 g/mol. The van der Waals surface area contributed by atoms with Crippen LogP contribution in [0, 0.1) is 12.8 Å². The minimum absolute atomic E-state index is 0.00713. The van der Waals surface area contributed by atoms with E-state index in [1.54, 1.807) is 0 Å². The maximum Gasteiger partial charge on any atom is 0.254 e. The van der Waals surface area contributed by atoms with E-state index in [9.17, 15) is 4.79 Å². The quantitative estimate of drug-likeness (QED) is 0.920. The summed E-state index contributed by atoms with van der Waals surface area (Å²) in [6, 6.07) is 0. The van der Waals surface area contributed by atoms with Gasteiger partial charge in [0.05, 0.1) is 0 Å². The van der Waals surface area contributed by atoms with Gasteiger partial charge >= 0.3 is 0 Å². The Morgan fingerprint density at radius 2 is 2.20 bits per heavy atom. The molecule has 20 heavy (non-hydrogen) atoms. The summed E-state index contributed by atoms with van der Waals surface area (Å²) < 4.78 is 6.08. The Labute approximate surface area is 121 Å². The first-order valence-electron chi connectivity index (χ1n) is 7.76. The molecule has 4 nitrogen and oxygen atoms in total. The molecule has 1 aromatic heterocycles. The van der Waals surface area contributed by atoms with Crippen LogP contribution in [0.5, 0.6) is 0 Å². The minimum Gasteiger partial charge on any atom is -0.367 e. The van der Waals surface area contributed by atoms with E-state index in [4.69, 9.17) is 4.74 Å². The Hall–Kier alpha value is -1.16. The van der Waals surface area contributed by atoms with E-state index in [1.807, 2.05) is 20.8 Å².